The van der Waals surface area contributed by atoms with Crippen molar-refractivity contribution in [2.45, 2.75) is 69.2 Å². The molecule has 0 radical (unpaired) electrons. The monoisotopic (exact) mass is 1290 g/mol. The van der Waals surface area contributed by atoms with Crippen LogP contribution in [0.3, 0.4) is 0 Å². The Morgan fingerprint density at radius 1 is 0.110 bits per heavy atom. The fraction of sp³-hybridized carbons (Fsp3) is 0.100. The second kappa shape index (κ2) is 34.0. The molecular formula is C100H90. The van der Waals surface area contributed by atoms with Crippen molar-refractivity contribution in [1.82, 2.24) is 0 Å². The van der Waals surface area contributed by atoms with Gasteiger partial charge in [-0.3, -0.25) is 0 Å². The molecule has 490 valence electrons. The lowest BCUT2D eigenvalue weighted by Crippen LogP contribution is -1.88. The molecule has 15 aromatic carbocycles. The zero-order valence-corrected chi connectivity index (χ0v) is 59.6. The largest absolute Gasteiger partial charge is 0.0620 e. The zero-order valence-electron chi connectivity index (χ0n) is 59.6. The minimum absolute atomic E-state index is 1.27. The van der Waals surface area contributed by atoms with Crippen LogP contribution in [0.5, 0.6) is 0 Å². The first-order chi connectivity index (χ1) is 48.7. The molecule has 0 aliphatic carbocycles. The van der Waals surface area contributed by atoms with Crippen LogP contribution < -0.4 is 0 Å². The van der Waals surface area contributed by atoms with Crippen LogP contribution in [0.2, 0.25) is 0 Å². The SMILES string of the molecule is Cc1ccc(-c2ccc(-c3ccccc3C)cc2)cc1.Cc1ccc(-c2ccccc2-c2cccc(C)c2)cc1.Cc1cccc(-c2ccc(-c3ccccc3C)cc2)c1.Cc1cccc(-c2ccccc2-c2cccc(C)c2)c1.Cc1cccc(-c2ccccc2-c2ccccc2C)c1. The second-order valence-corrected chi connectivity index (χ2v) is 26.3. The first-order valence-electron chi connectivity index (χ1n) is 34.9. The summed E-state index contributed by atoms with van der Waals surface area (Å²) in [6.07, 6.45) is 0. The number of rotatable bonds is 10. The molecule has 0 heteroatoms. The molecule has 0 unspecified atom stereocenters. The van der Waals surface area contributed by atoms with E-state index in [1.165, 1.54) is 167 Å². The standard InChI is InChI=1S/5C20H18/c1-15-7-5-9-17(13-15)19-11-3-4-12-20(19)18-10-6-8-16(2)14-18;1-15-8-7-10-17(14-15)19-12-5-6-13-20(19)18-11-4-3-9-16(18)2;1-15-10-12-17(13-11-15)19-8-3-4-9-20(19)18-7-5-6-16(2)14-18;1-15-6-5-8-19(14-15)17-10-12-18(13-11-17)20-9-4-3-7-16(20)2;1-15-7-9-17(10-8-15)18-11-13-19(14-12-18)20-6-4-3-5-16(20)2/h5*3-14H,1-2H3. The molecular weight excluding hydrogens is 1200 g/mol. The Morgan fingerprint density at radius 2 is 0.310 bits per heavy atom. The van der Waals surface area contributed by atoms with E-state index >= 15 is 0 Å². The summed E-state index contributed by atoms with van der Waals surface area (Å²) in [4.78, 5) is 0. The van der Waals surface area contributed by atoms with E-state index in [4.69, 9.17) is 0 Å². The Kier molecular flexibility index (Phi) is 23.7. The number of aryl methyl sites for hydroxylation is 10. The van der Waals surface area contributed by atoms with Crippen molar-refractivity contribution < 1.29 is 0 Å². The van der Waals surface area contributed by atoms with Crippen molar-refractivity contribution in [1.29, 1.82) is 0 Å². The lowest BCUT2D eigenvalue weighted by atomic mass is 9.92. The van der Waals surface area contributed by atoms with Gasteiger partial charge in [0.05, 0.1) is 0 Å². The van der Waals surface area contributed by atoms with Gasteiger partial charge in [0.15, 0.2) is 0 Å². The first-order valence-corrected chi connectivity index (χ1v) is 34.9. The predicted molar refractivity (Wildman–Crippen MR) is 434 cm³/mol. The molecule has 0 aliphatic rings. The van der Waals surface area contributed by atoms with Crippen molar-refractivity contribution in [3.63, 3.8) is 0 Å². The molecule has 0 aromatic heterocycles. The molecule has 100 heavy (non-hydrogen) atoms. The number of hydrogen-bond acceptors (Lipinski definition) is 0. The molecule has 0 bridgehead atoms. The minimum atomic E-state index is 1.27. The molecule has 0 amide bonds. The summed E-state index contributed by atoms with van der Waals surface area (Å²) < 4.78 is 0. The van der Waals surface area contributed by atoms with Crippen LogP contribution in [-0.2, 0) is 0 Å². The molecule has 0 spiro atoms. The quantitative estimate of drug-likeness (QED) is 0.128. The molecule has 0 atom stereocenters. The Hall–Kier alpha value is -11.7. The van der Waals surface area contributed by atoms with E-state index in [2.05, 4.69) is 433 Å². The number of hydrogen-bond donors (Lipinski definition) is 0. The fourth-order valence-corrected chi connectivity index (χ4v) is 12.9. The van der Waals surface area contributed by atoms with Gasteiger partial charge in [-0.05, 0) is 197 Å². The van der Waals surface area contributed by atoms with Crippen molar-refractivity contribution in [3.8, 4) is 111 Å². The minimum Gasteiger partial charge on any atom is -0.0620 e. The third-order valence-electron chi connectivity index (χ3n) is 18.3. The van der Waals surface area contributed by atoms with Crippen molar-refractivity contribution in [3.05, 3.63) is 420 Å². The molecule has 0 heterocycles. The van der Waals surface area contributed by atoms with Gasteiger partial charge in [0.1, 0.15) is 0 Å². The molecule has 0 N–H and O–H groups in total. The summed E-state index contributed by atoms with van der Waals surface area (Å²) in [7, 11) is 0. The van der Waals surface area contributed by atoms with E-state index in [0.717, 1.165) is 0 Å². The maximum Gasteiger partial charge on any atom is -0.0103 e. The van der Waals surface area contributed by atoms with Gasteiger partial charge in [-0.15, -0.1) is 0 Å². The average molecular weight is 1290 g/mol. The third kappa shape index (κ3) is 18.5. The van der Waals surface area contributed by atoms with E-state index < -0.39 is 0 Å². The highest BCUT2D eigenvalue weighted by Gasteiger charge is 2.12. The van der Waals surface area contributed by atoms with Gasteiger partial charge in [0.2, 0.25) is 0 Å². The molecule has 0 nitrogen and oxygen atoms in total. The summed E-state index contributed by atoms with van der Waals surface area (Å²) in [5.74, 6) is 0. The topological polar surface area (TPSA) is 0 Å². The molecule has 0 saturated heterocycles. The van der Waals surface area contributed by atoms with Crippen LogP contribution in [0.1, 0.15) is 55.6 Å². The smallest absolute Gasteiger partial charge is 0.0103 e. The van der Waals surface area contributed by atoms with Crippen molar-refractivity contribution in [2.75, 3.05) is 0 Å². The zero-order chi connectivity index (χ0) is 69.7. The molecule has 15 aromatic rings. The Labute approximate surface area is 596 Å². The average Bonchev–Trinajstić information content (AvgIpc) is 0.821. The van der Waals surface area contributed by atoms with Gasteiger partial charge in [-0.2, -0.15) is 0 Å². The Bertz CT molecular complexity index is 5070. The van der Waals surface area contributed by atoms with E-state index in [-0.39, 0.29) is 0 Å². The van der Waals surface area contributed by atoms with Crippen molar-refractivity contribution in [2.24, 2.45) is 0 Å². The summed E-state index contributed by atoms with van der Waals surface area (Å²) in [5.41, 5.74) is 38.7. The fourth-order valence-electron chi connectivity index (χ4n) is 12.9. The van der Waals surface area contributed by atoms with Gasteiger partial charge >= 0.3 is 0 Å². The third-order valence-corrected chi connectivity index (χ3v) is 18.3. The van der Waals surface area contributed by atoms with E-state index in [0.29, 0.717) is 0 Å². The lowest BCUT2D eigenvalue weighted by molar-refractivity contribution is 1.44. The maximum atomic E-state index is 2.25. The van der Waals surface area contributed by atoms with E-state index in [1.54, 1.807) is 0 Å². The van der Waals surface area contributed by atoms with Gasteiger partial charge in [-0.1, -0.05) is 403 Å². The Balaban J connectivity index is 0.000000126. The highest BCUT2D eigenvalue weighted by Crippen LogP contribution is 2.37. The predicted octanol–water partition coefficient (Wildman–Crippen LogP) is 28.2. The van der Waals surface area contributed by atoms with Crippen LogP contribution in [0, 0.1) is 69.2 Å². The van der Waals surface area contributed by atoms with Crippen LogP contribution >= 0.6 is 0 Å². The normalized spacial score (nSPS) is 10.5. The van der Waals surface area contributed by atoms with Crippen LogP contribution in [0.15, 0.2) is 364 Å². The highest BCUT2D eigenvalue weighted by atomic mass is 14.2. The van der Waals surface area contributed by atoms with Crippen molar-refractivity contribution >= 4 is 0 Å². The van der Waals surface area contributed by atoms with Crippen LogP contribution in [0.4, 0.5) is 0 Å². The first kappa shape index (κ1) is 69.6. The highest BCUT2D eigenvalue weighted by molar-refractivity contribution is 5.87. The molecule has 15 rings (SSSR count). The summed E-state index contributed by atoms with van der Waals surface area (Å²) >= 11 is 0. The second-order valence-electron chi connectivity index (χ2n) is 26.3. The van der Waals surface area contributed by atoms with E-state index in [9.17, 15) is 0 Å². The molecule has 0 aliphatic heterocycles. The van der Waals surface area contributed by atoms with Gasteiger partial charge in [-0.25, -0.2) is 0 Å². The van der Waals surface area contributed by atoms with Gasteiger partial charge in [0, 0.05) is 0 Å². The number of benzene rings is 15. The molecule has 0 saturated carbocycles. The van der Waals surface area contributed by atoms with Gasteiger partial charge < -0.3 is 0 Å². The summed E-state index contributed by atoms with van der Waals surface area (Å²) in [5, 5.41) is 0. The van der Waals surface area contributed by atoms with Crippen LogP contribution in [-0.4, -0.2) is 0 Å². The summed E-state index contributed by atoms with van der Waals surface area (Å²) in [6, 6.07) is 130. The summed E-state index contributed by atoms with van der Waals surface area (Å²) in [6.45, 7) is 21.4. The van der Waals surface area contributed by atoms with Gasteiger partial charge in [0.25, 0.3) is 0 Å². The maximum absolute atomic E-state index is 2.25. The van der Waals surface area contributed by atoms with E-state index in [1.807, 2.05) is 0 Å². The lowest BCUT2D eigenvalue weighted by Gasteiger charge is -2.12. The Morgan fingerprint density at radius 3 is 0.620 bits per heavy atom. The van der Waals surface area contributed by atoms with Crippen LogP contribution in [0.25, 0.3) is 111 Å². The molecule has 0 fully saturated rings.